The quantitative estimate of drug-likeness (QED) is 0.545. The van der Waals surface area contributed by atoms with E-state index in [-0.39, 0.29) is 18.3 Å². The number of hydrogen-bond donors (Lipinski definition) is 2. The van der Waals surface area contributed by atoms with Gasteiger partial charge in [0.05, 0.1) is 25.2 Å². The lowest BCUT2D eigenvalue weighted by atomic mass is 10.2. The molecule has 0 aliphatic rings. The summed E-state index contributed by atoms with van der Waals surface area (Å²) in [7, 11) is 1.58. The predicted octanol–water partition coefficient (Wildman–Crippen LogP) is 3.82. The van der Waals surface area contributed by atoms with E-state index >= 15 is 0 Å². The number of nitrogens with zero attached hydrogens (tertiary/aromatic N) is 2. The number of amides is 1. The molecule has 0 aliphatic heterocycles. The van der Waals surface area contributed by atoms with Crippen LogP contribution in [0.4, 0.5) is 5.69 Å². The number of aliphatic hydroxyl groups excluding tert-OH is 1. The van der Waals surface area contributed by atoms with E-state index in [9.17, 15) is 9.90 Å². The third-order valence-corrected chi connectivity index (χ3v) is 5.15. The minimum atomic E-state index is -0.156. The van der Waals surface area contributed by atoms with Crippen molar-refractivity contribution in [3.63, 3.8) is 0 Å². The lowest BCUT2D eigenvalue weighted by molar-refractivity contribution is -0.113. The molecule has 1 amide bonds. The Balaban J connectivity index is 1.65. The molecule has 8 heteroatoms. The molecule has 0 unspecified atom stereocenters. The number of halogens is 1. The minimum absolute atomic E-state index is 0.148. The van der Waals surface area contributed by atoms with E-state index in [2.05, 4.69) is 10.3 Å². The molecule has 1 aromatic heterocycles. The van der Waals surface area contributed by atoms with Gasteiger partial charge in [-0.15, -0.1) is 0 Å². The molecular formula is C20H20ClN3O3S. The molecule has 0 radical (unpaired) electrons. The zero-order valence-electron chi connectivity index (χ0n) is 15.3. The summed E-state index contributed by atoms with van der Waals surface area (Å²) in [6.07, 6.45) is 1.79. The number of hydrogen-bond acceptors (Lipinski definition) is 5. The van der Waals surface area contributed by atoms with E-state index < -0.39 is 0 Å². The number of ether oxygens (including phenoxy) is 1. The van der Waals surface area contributed by atoms with Gasteiger partial charge in [0.25, 0.3) is 0 Å². The van der Waals surface area contributed by atoms with Crippen LogP contribution < -0.4 is 10.1 Å². The van der Waals surface area contributed by atoms with Gasteiger partial charge in [0.1, 0.15) is 5.75 Å². The highest BCUT2D eigenvalue weighted by molar-refractivity contribution is 7.99. The van der Waals surface area contributed by atoms with Crippen LogP contribution in [0.1, 0.15) is 11.3 Å². The van der Waals surface area contributed by atoms with Crippen molar-refractivity contribution in [1.82, 2.24) is 9.55 Å². The van der Waals surface area contributed by atoms with E-state index in [0.29, 0.717) is 33.9 Å². The summed E-state index contributed by atoms with van der Waals surface area (Å²) in [5.74, 6) is 0.723. The average molecular weight is 418 g/mol. The maximum Gasteiger partial charge on any atom is 0.234 e. The van der Waals surface area contributed by atoms with E-state index in [1.165, 1.54) is 11.8 Å². The van der Waals surface area contributed by atoms with Gasteiger partial charge in [-0.05, 0) is 29.8 Å². The molecule has 0 saturated carbocycles. The SMILES string of the molecule is COc1cccc(NC(=O)CSc2nc(CO)cn2Cc2ccc(Cl)cc2)c1. The summed E-state index contributed by atoms with van der Waals surface area (Å²) in [6.45, 7) is 0.418. The molecule has 0 aliphatic carbocycles. The summed E-state index contributed by atoms with van der Waals surface area (Å²) in [6, 6.07) is 14.7. The largest absolute Gasteiger partial charge is 0.497 e. The Morgan fingerprint density at radius 2 is 2.07 bits per heavy atom. The molecule has 0 fully saturated rings. The predicted molar refractivity (Wildman–Crippen MR) is 111 cm³/mol. The van der Waals surface area contributed by atoms with Crippen molar-refractivity contribution in [1.29, 1.82) is 0 Å². The van der Waals surface area contributed by atoms with Gasteiger partial charge in [-0.3, -0.25) is 4.79 Å². The van der Waals surface area contributed by atoms with Crippen molar-refractivity contribution < 1.29 is 14.6 Å². The van der Waals surface area contributed by atoms with Crippen molar-refractivity contribution in [2.75, 3.05) is 18.2 Å². The van der Waals surface area contributed by atoms with Gasteiger partial charge in [-0.1, -0.05) is 41.6 Å². The molecule has 2 N–H and O–H groups in total. The van der Waals surface area contributed by atoms with Gasteiger partial charge in [0.15, 0.2) is 5.16 Å². The molecular weight excluding hydrogens is 398 g/mol. The van der Waals surface area contributed by atoms with Crippen molar-refractivity contribution in [2.45, 2.75) is 18.3 Å². The second kappa shape index (κ2) is 9.64. The fourth-order valence-corrected chi connectivity index (χ4v) is 3.49. The van der Waals surface area contributed by atoms with Gasteiger partial charge < -0.3 is 19.7 Å². The molecule has 0 saturated heterocycles. The zero-order valence-corrected chi connectivity index (χ0v) is 16.8. The molecule has 1 heterocycles. The van der Waals surface area contributed by atoms with Crippen LogP contribution in [-0.2, 0) is 17.9 Å². The van der Waals surface area contributed by atoms with Crippen LogP contribution in [0.5, 0.6) is 5.75 Å². The topological polar surface area (TPSA) is 76.4 Å². The van der Waals surface area contributed by atoms with Crippen molar-refractivity contribution in [3.8, 4) is 5.75 Å². The summed E-state index contributed by atoms with van der Waals surface area (Å²) >= 11 is 7.25. The molecule has 28 heavy (non-hydrogen) atoms. The van der Waals surface area contributed by atoms with E-state index in [1.807, 2.05) is 41.0 Å². The molecule has 3 aromatic rings. The van der Waals surface area contributed by atoms with Crippen LogP contribution in [-0.4, -0.2) is 33.4 Å². The second-order valence-corrected chi connectivity index (χ2v) is 7.38. The van der Waals surface area contributed by atoms with Gasteiger partial charge in [0, 0.05) is 29.5 Å². The number of methoxy groups -OCH3 is 1. The summed E-state index contributed by atoms with van der Waals surface area (Å²) in [5.41, 5.74) is 2.28. The van der Waals surface area contributed by atoms with E-state index in [4.69, 9.17) is 16.3 Å². The molecule has 2 aromatic carbocycles. The van der Waals surface area contributed by atoms with Gasteiger partial charge >= 0.3 is 0 Å². The van der Waals surface area contributed by atoms with Crippen LogP contribution in [0.15, 0.2) is 59.9 Å². The van der Waals surface area contributed by atoms with Crippen molar-refractivity contribution in [3.05, 3.63) is 71.0 Å². The Labute approximate surface area is 172 Å². The number of aromatic nitrogens is 2. The van der Waals surface area contributed by atoms with Gasteiger partial charge in [-0.25, -0.2) is 4.98 Å². The first-order valence-corrected chi connectivity index (χ1v) is 9.92. The highest BCUT2D eigenvalue weighted by atomic mass is 35.5. The fraction of sp³-hybridized carbons (Fsp3) is 0.200. The highest BCUT2D eigenvalue weighted by Gasteiger charge is 2.12. The molecule has 0 atom stereocenters. The first-order chi connectivity index (χ1) is 13.6. The van der Waals surface area contributed by atoms with E-state index in [0.717, 1.165) is 5.56 Å². The van der Waals surface area contributed by atoms with Crippen LogP contribution in [0, 0.1) is 0 Å². The third kappa shape index (κ3) is 5.51. The number of nitrogens with one attached hydrogen (secondary N) is 1. The Kier molecular flexibility index (Phi) is 6.97. The molecule has 0 spiro atoms. The first-order valence-electron chi connectivity index (χ1n) is 8.55. The number of thioether (sulfide) groups is 1. The van der Waals surface area contributed by atoms with E-state index in [1.54, 1.807) is 25.4 Å². The number of anilines is 1. The summed E-state index contributed by atoms with van der Waals surface area (Å²) in [4.78, 5) is 16.7. The average Bonchev–Trinajstić information content (AvgIpc) is 3.10. The van der Waals surface area contributed by atoms with Crippen LogP contribution in [0.2, 0.25) is 5.02 Å². The Hall–Kier alpha value is -2.48. The number of carbonyl (C=O) groups excluding carboxylic acids is 1. The van der Waals surface area contributed by atoms with Crippen LogP contribution in [0.25, 0.3) is 0 Å². The third-order valence-electron chi connectivity index (χ3n) is 3.90. The molecule has 0 bridgehead atoms. The standard InChI is InChI=1S/C20H20ClN3O3S/c1-27-18-4-2-3-16(9-18)22-19(26)13-28-20-23-17(12-25)11-24(20)10-14-5-7-15(21)8-6-14/h2-9,11,25H,10,12-13H2,1H3,(H,22,26). The van der Waals surface area contributed by atoms with Crippen LogP contribution >= 0.6 is 23.4 Å². The number of benzene rings is 2. The summed E-state index contributed by atoms with van der Waals surface area (Å²) < 4.78 is 7.07. The monoisotopic (exact) mass is 417 g/mol. The minimum Gasteiger partial charge on any atom is -0.497 e. The zero-order chi connectivity index (χ0) is 19.9. The summed E-state index contributed by atoms with van der Waals surface area (Å²) in [5, 5.41) is 13.6. The smallest absolute Gasteiger partial charge is 0.234 e. The number of aliphatic hydroxyl groups is 1. The van der Waals surface area contributed by atoms with Gasteiger partial charge in [-0.2, -0.15) is 0 Å². The van der Waals surface area contributed by atoms with Crippen molar-refractivity contribution in [2.24, 2.45) is 0 Å². The second-order valence-electron chi connectivity index (χ2n) is 6.00. The number of rotatable bonds is 8. The molecule has 146 valence electrons. The Morgan fingerprint density at radius 1 is 1.29 bits per heavy atom. The van der Waals surface area contributed by atoms with Crippen LogP contribution in [0.3, 0.4) is 0 Å². The maximum absolute atomic E-state index is 12.3. The normalized spacial score (nSPS) is 10.7. The number of carbonyl (C=O) groups is 1. The fourth-order valence-electron chi connectivity index (χ4n) is 2.57. The van der Waals surface area contributed by atoms with Gasteiger partial charge in [0.2, 0.25) is 5.91 Å². The lowest BCUT2D eigenvalue weighted by Crippen LogP contribution is -2.14. The first kappa shape index (κ1) is 20.3. The molecule has 3 rings (SSSR count). The van der Waals surface area contributed by atoms with Crippen molar-refractivity contribution >= 4 is 35.0 Å². The highest BCUT2D eigenvalue weighted by Crippen LogP contribution is 2.22. The molecule has 6 nitrogen and oxygen atoms in total. The number of imidazole rings is 1. The Morgan fingerprint density at radius 3 is 2.79 bits per heavy atom. The maximum atomic E-state index is 12.3. The Bertz CT molecular complexity index is 944. The lowest BCUT2D eigenvalue weighted by Gasteiger charge is -2.09.